The summed E-state index contributed by atoms with van der Waals surface area (Å²) in [5.74, 6) is -3.61. The van der Waals surface area contributed by atoms with Crippen LogP contribution in [0.2, 0.25) is 5.02 Å². The average molecular weight is 757 g/mol. The number of halogens is 1. The van der Waals surface area contributed by atoms with Crippen LogP contribution < -0.4 is 26.8 Å². The number of hydrogen-bond donors (Lipinski definition) is 4. The summed E-state index contributed by atoms with van der Waals surface area (Å²) >= 11 is 6.32. The van der Waals surface area contributed by atoms with Crippen LogP contribution in [0.4, 0.5) is 0 Å². The molecule has 4 aromatic carbocycles. The Labute approximate surface area is 321 Å². The predicted octanol–water partition coefficient (Wildman–Crippen LogP) is 5.02. The Balaban J connectivity index is 1.66. The van der Waals surface area contributed by atoms with Crippen LogP contribution in [0.5, 0.6) is 5.75 Å². The number of carbonyl (C=O) groups is 4. The number of unbranched alkanes of at least 4 members (excludes halogenated alkanes) is 1. The quantitative estimate of drug-likeness (QED) is 0.0518. The maximum atomic E-state index is 14.7. The average Bonchev–Trinajstić information content (AvgIpc) is 3.19. The van der Waals surface area contributed by atoms with E-state index in [0.717, 1.165) is 11.1 Å². The molecule has 0 saturated carbocycles. The molecule has 0 spiro atoms. The number of rotatable bonds is 21. The Morgan fingerprint density at radius 1 is 0.759 bits per heavy atom. The fourth-order valence-electron chi connectivity index (χ4n) is 5.79. The van der Waals surface area contributed by atoms with E-state index in [9.17, 15) is 19.2 Å². The highest BCUT2D eigenvalue weighted by Crippen LogP contribution is 2.26. The number of amides is 2. The SMILES string of the molecule is COc1ccc(C(C(=O)OCc2ccccc2Cl)C(=O)[C@H](Cc2ccccc2)NC(=O)[C@@H](NC(=O)[C@@H](N)CCCCN)[C@@H](C)OCc2ccccc2)cc1. The van der Waals surface area contributed by atoms with Crippen LogP contribution in [0.15, 0.2) is 109 Å². The van der Waals surface area contributed by atoms with Gasteiger partial charge in [0.15, 0.2) is 5.78 Å². The third-order valence-electron chi connectivity index (χ3n) is 8.95. The molecule has 12 heteroatoms. The summed E-state index contributed by atoms with van der Waals surface area (Å²) in [6.45, 7) is 2.11. The Hall–Kier alpha value is -5.07. The molecule has 0 aliphatic heterocycles. The van der Waals surface area contributed by atoms with Crippen LogP contribution in [0, 0.1) is 0 Å². The van der Waals surface area contributed by atoms with Crippen molar-refractivity contribution in [2.75, 3.05) is 13.7 Å². The van der Waals surface area contributed by atoms with Gasteiger partial charge in [-0.15, -0.1) is 0 Å². The van der Waals surface area contributed by atoms with Crippen molar-refractivity contribution in [1.29, 1.82) is 0 Å². The molecule has 11 nitrogen and oxygen atoms in total. The molecule has 0 aliphatic carbocycles. The minimum absolute atomic E-state index is 0.0361. The lowest BCUT2D eigenvalue weighted by Gasteiger charge is -2.29. The van der Waals surface area contributed by atoms with Crippen molar-refractivity contribution in [3.8, 4) is 5.75 Å². The first-order chi connectivity index (χ1) is 26.1. The van der Waals surface area contributed by atoms with Gasteiger partial charge in [0.2, 0.25) is 11.8 Å². The van der Waals surface area contributed by atoms with Gasteiger partial charge in [-0.05, 0) is 67.6 Å². The van der Waals surface area contributed by atoms with Crippen LogP contribution in [0.25, 0.3) is 0 Å². The van der Waals surface area contributed by atoms with Gasteiger partial charge >= 0.3 is 5.97 Å². The first kappa shape index (κ1) is 41.7. The van der Waals surface area contributed by atoms with E-state index >= 15 is 0 Å². The van der Waals surface area contributed by atoms with Gasteiger partial charge in [0.1, 0.15) is 24.3 Å². The number of esters is 1. The number of ketones is 1. The molecule has 0 radical (unpaired) electrons. The molecule has 0 heterocycles. The monoisotopic (exact) mass is 756 g/mol. The van der Waals surface area contributed by atoms with E-state index in [4.69, 9.17) is 37.3 Å². The number of Topliss-reactive ketones (excluding diaryl/α,β-unsaturated/α-hetero) is 1. The van der Waals surface area contributed by atoms with Gasteiger partial charge in [-0.25, -0.2) is 0 Å². The highest BCUT2D eigenvalue weighted by atomic mass is 35.5. The number of carbonyl (C=O) groups excluding carboxylic acids is 4. The van der Waals surface area contributed by atoms with Gasteiger partial charge in [-0.3, -0.25) is 19.2 Å². The molecule has 286 valence electrons. The molecule has 5 atom stereocenters. The van der Waals surface area contributed by atoms with Crippen LogP contribution in [0.3, 0.4) is 0 Å². The molecule has 6 N–H and O–H groups in total. The Bertz CT molecular complexity index is 1790. The molecule has 0 bridgehead atoms. The van der Waals surface area contributed by atoms with Gasteiger partial charge in [-0.1, -0.05) is 109 Å². The van der Waals surface area contributed by atoms with E-state index in [1.165, 1.54) is 7.11 Å². The lowest BCUT2D eigenvalue weighted by atomic mass is 9.87. The zero-order chi connectivity index (χ0) is 38.9. The summed E-state index contributed by atoms with van der Waals surface area (Å²) in [6, 6.07) is 28.5. The van der Waals surface area contributed by atoms with Crippen molar-refractivity contribution in [2.45, 2.75) is 76.0 Å². The Morgan fingerprint density at radius 3 is 2.02 bits per heavy atom. The fourth-order valence-corrected chi connectivity index (χ4v) is 5.98. The van der Waals surface area contributed by atoms with Gasteiger partial charge in [0, 0.05) is 10.6 Å². The molecule has 4 rings (SSSR count). The zero-order valence-electron chi connectivity index (χ0n) is 30.6. The highest BCUT2D eigenvalue weighted by Gasteiger charge is 2.38. The smallest absolute Gasteiger partial charge is 0.321 e. The Morgan fingerprint density at radius 2 is 1.39 bits per heavy atom. The lowest BCUT2D eigenvalue weighted by Crippen LogP contribution is -2.59. The van der Waals surface area contributed by atoms with Crippen LogP contribution >= 0.6 is 11.6 Å². The number of methoxy groups -OCH3 is 1. The van der Waals surface area contributed by atoms with Crippen molar-refractivity contribution >= 4 is 35.2 Å². The van der Waals surface area contributed by atoms with Crippen LogP contribution in [0.1, 0.15) is 54.4 Å². The number of hydrogen-bond acceptors (Lipinski definition) is 9. The Kier molecular flexibility index (Phi) is 16.7. The molecule has 54 heavy (non-hydrogen) atoms. The second-order valence-corrected chi connectivity index (χ2v) is 13.3. The molecular formula is C42H49ClN4O7. The largest absolute Gasteiger partial charge is 0.497 e. The first-order valence-corrected chi connectivity index (χ1v) is 18.3. The van der Waals surface area contributed by atoms with Crippen LogP contribution in [-0.2, 0) is 48.3 Å². The zero-order valence-corrected chi connectivity index (χ0v) is 31.4. The van der Waals surface area contributed by atoms with Gasteiger partial charge in [0.05, 0.1) is 31.9 Å². The lowest BCUT2D eigenvalue weighted by molar-refractivity contribution is -0.150. The van der Waals surface area contributed by atoms with Crippen molar-refractivity contribution in [2.24, 2.45) is 11.5 Å². The molecule has 0 aromatic heterocycles. The third-order valence-corrected chi connectivity index (χ3v) is 9.32. The summed E-state index contributed by atoms with van der Waals surface area (Å²) < 4.78 is 17.1. The standard InChI is InChI=1S/C42H49ClN4O7/c1-28(53-26-30-15-7-4-8-16-30)38(47-40(49)35(45)19-11-12-24-44)41(50)46-36(25-29-13-5-3-6-14-29)39(48)37(31-20-22-33(52-2)23-21-31)42(51)54-27-32-17-9-10-18-34(32)43/h3-10,13-18,20-23,28,35-38H,11-12,19,24-27,44-45H2,1-2H3,(H,46,50)(H,47,49)/t28-,35+,36+,37?,38+/m1/s1. The summed E-state index contributed by atoms with van der Waals surface area (Å²) in [7, 11) is 1.51. The predicted molar refractivity (Wildman–Crippen MR) is 208 cm³/mol. The molecular weight excluding hydrogens is 708 g/mol. The van der Waals surface area contributed by atoms with E-state index < -0.39 is 53.7 Å². The maximum absolute atomic E-state index is 14.7. The first-order valence-electron chi connectivity index (χ1n) is 17.9. The van der Waals surface area contributed by atoms with Gasteiger partial charge in [-0.2, -0.15) is 0 Å². The van der Waals surface area contributed by atoms with E-state index in [1.54, 1.807) is 55.5 Å². The fraction of sp³-hybridized carbons (Fsp3) is 0.333. The van der Waals surface area contributed by atoms with Crippen molar-refractivity contribution in [3.63, 3.8) is 0 Å². The number of nitrogens with two attached hydrogens (primary N) is 2. The normalized spacial score (nSPS) is 13.8. The summed E-state index contributed by atoms with van der Waals surface area (Å²) in [6.07, 6.45) is 0.881. The van der Waals surface area contributed by atoms with Crippen molar-refractivity contribution in [3.05, 3.63) is 136 Å². The van der Waals surface area contributed by atoms with Gasteiger partial charge in [0.25, 0.3) is 0 Å². The van der Waals surface area contributed by atoms with Crippen molar-refractivity contribution < 1.29 is 33.4 Å². The molecule has 0 saturated heterocycles. The summed E-state index contributed by atoms with van der Waals surface area (Å²) in [4.78, 5) is 56.3. The molecule has 2 amide bonds. The summed E-state index contributed by atoms with van der Waals surface area (Å²) in [5, 5.41) is 6.03. The molecule has 1 unspecified atom stereocenters. The minimum atomic E-state index is -1.44. The van der Waals surface area contributed by atoms with E-state index in [2.05, 4.69) is 10.6 Å². The highest BCUT2D eigenvalue weighted by molar-refractivity contribution is 6.31. The van der Waals surface area contributed by atoms with Gasteiger partial charge < -0.3 is 36.3 Å². The maximum Gasteiger partial charge on any atom is 0.321 e. The van der Waals surface area contributed by atoms with Crippen LogP contribution in [-0.4, -0.2) is 61.5 Å². The molecule has 0 fully saturated rings. The molecule has 4 aromatic rings. The van der Waals surface area contributed by atoms with E-state index in [-0.39, 0.29) is 19.6 Å². The number of ether oxygens (including phenoxy) is 3. The van der Waals surface area contributed by atoms with Crippen molar-refractivity contribution in [1.82, 2.24) is 10.6 Å². The van der Waals surface area contributed by atoms with E-state index in [0.29, 0.717) is 47.7 Å². The topological polar surface area (TPSA) is 172 Å². The molecule has 0 aliphatic rings. The number of benzene rings is 4. The third kappa shape index (κ3) is 12.5. The number of nitrogens with one attached hydrogen (secondary N) is 2. The summed E-state index contributed by atoms with van der Waals surface area (Å²) in [5.41, 5.74) is 14.3. The van der Waals surface area contributed by atoms with E-state index in [1.807, 2.05) is 60.7 Å². The second kappa shape index (κ2) is 21.6. The minimum Gasteiger partial charge on any atom is -0.497 e. The second-order valence-electron chi connectivity index (χ2n) is 12.9.